The van der Waals surface area contributed by atoms with E-state index in [2.05, 4.69) is 30.7 Å². The van der Waals surface area contributed by atoms with Crippen LogP contribution in [0.2, 0.25) is 0 Å². The van der Waals surface area contributed by atoms with Crippen LogP contribution in [0.3, 0.4) is 0 Å². The Morgan fingerprint density at radius 3 is 1.31 bits per heavy atom. The minimum Gasteiger partial charge on any atom is -0.507 e. The van der Waals surface area contributed by atoms with Crippen molar-refractivity contribution in [3.63, 3.8) is 0 Å². The maximum absolute atomic E-state index is 12.2. The van der Waals surface area contributed by atoms with Gasteiger partial charge in [0.05, 0.1) is 44.7 Å². The third kappa shape index (κ3) is 15.1. The van der Waals surface area contributed by atoms with Gasteiger partial charge in [-0.15, -0.1) is 22.7 Å². The summed E-state index contributed by atoms with van der Waals surface area (Å²) in [5.41, 5.74) is 5.76. The van der Waals surface area contributed by atoms with Gasteiger partial charge in [-0.1, -0.05) is 76.9 Å². The number of esters is 1. The predicted octanol–water partition coefficient (Wildman–Crippen LogP) is 14.8. The van der Waals surface area contributed by atoms with Gasteiger partial charge in [0.2, 0.25) is 0 Å². The summed E-state index contributed by atoms with van der Waals surface area (Å²) in [5, 5.41) is 35.9. The van der Waals surface area contributed by atoms with Crippen molar-refractivity contribution >= 4 is 34.6 Å². The second kappa shape index (κ2) is 28.7. The Hall–Kier alpha value is -8.08. The van der Waals surface area contributed by atoms with Crippen molar-refractivity contribution in [3.8, 4) is 78.6 Å². The third-order valence-corrected chi connectivity index (χ3v) is 13.7. The van der Waals surface area contributed by atoms with Crippen LogP contribution in [0.1, 0.15) is 96.3 Å². The first-order chi connectivity index (χ1) is 37.6. The highest BCUT2D eigenvalue weighted by atomic mass is 32.1. The van der Waals surface area contributed by atoms with Gasteiger partial charge in [0, 0.05) is 59.3 Å². The number of aromatic hydroxyl groups is 2. The van der Waals surface area contributed by atoms with Gasteiger partial charge in [-0.2, -0.15) is 0 Å². The van der Waals surface area contributed by atoms with E-state index in [1.807, 2.05) is 72.3 Å². The van der Waals surface area contributed by atoms with Crippen LogP contribution in [-0.4, -0.2) is 70.8 Å². The van der Waals surface area contributed by atoms with E-state index >= 15 is 0 Å². The number of aromatic carboxylic acids is 1. The van der Waals surface area contributed by atoms with Gasteiger partial charge in [0.15, 0.2) is 0 Å². The molecule has 0 aliphatic rings. The zero-order valence-electron chi connectivity index (χ0n) is 43.9. The first-order valence-corrected chi connectivity index (χ1v) is 27.4. The SMILES string of the molecule is CCCc1c(OCCCOc2cc(O)c(-c3nccs3)cc2CC)cccc1Oc1ccccc1C(=O)O.CCCc1c(OCCCOc2cc(O)c(-c3nccs3)cc2CC)cccc1Oc1ccccc1C(=O)OC. The lowest BCUT2D eigenvalue weighted by molar-refractivity contribution is 0.0596. The smallest absolute Gasteiger partial charge is 0.341 e. The van der Waals surface area contributed by atoms with Crippen LogP contribution in [0.15, 0.2) is 132 Å². The average Bonchev–Trinajstić information content (AvgIpc) is 4.20. The number of aromatic nitrogens is 2. The van der Waals surface area contributed by atoms with Crippen LogP contribution in [0, 0.1) is 0 Å². The van der Waals surface area contributed by atoms with Crippen molar-refractivity contribution in [3.05, 3.63) is 166 Å². The highest BCUT2D eigenvalue weighted by Crippen LogP contribution is 2.40. The number of nitrogens with zero attached hydrogens (tertiary/aromatic N) is 2. The van der Waals surface area contributed by atoms with Gasteiger partial charge in [-0.25, -0.2) is 19.6 Å². The highest BCUT2D eigenvalue weighted by Gasteiger charge is 2.20. The van der Waals surface area contributed by atoms with E-state index in [1.165, 1.54) is 35.8 Å². The lowest BCUT2D eigenvalue weighted by Crippen LogP contribution is -2.08. The van der Waals surface area contributed by atoms with Crippen molar-refractivity contribution in [1.82, 2.24) is 9.97 Å². The van der Waals surface area contributed by atoms with Crippen molar-refractivity contribution < 1.29 is 58.1 Å². The molecule has 0 saturated heterocycles. The number of phenols is 2. The van der Waals surface area contributed by atoms with E-state index in [0.717, 1.165) is 82.1 Å². The number of hydrogen-bond acceptors (Lipinski definition) is 15. The van der Waals surface area contributed by atoms with Crippen LogP contribution < -0.4 is 28.4 Å². The topological polar surface area (TPSA) is 185 Å². The largest absolute Gasteiger partial charge is 0.507 e. The molecule has 0 atom stereocenters. The average molecular weight is 1080 g/mol. The number of phenolic OH excluding ortho intramolecular Hbond substituents is 2. The summed E-state index contributed by atoms with van der Waals surface area (Å²) >= 11 is 2.97. The molecular weight excluding hydrogens is 1020 g/mol. The maximum Gasteiger partial charge on any atom is 0.341 e. The summed E-state index contributed by atoms with van der Waals surface area (Å²) in [5.74, 6) is 3.53. The molecular formula is C61H64N2O12S2. The lowest BCUT2D eigenvalue weighted by Gasteiger charge is -2.17. The number of thiazole rings is 2. The van der Waals surface area contributed by atoms with Crippen molar-refractivity contribution in [1.29, 1.82) is 0 Å². The second-order valence-corrected chi connectivity index (χ2v) is 19.2. The molecule has 16 heteroatoms. The number of carbonyl (C=O) groups is 2. The molecule has 0 aliphatic heterocycles. The van der Waals surface area contributed by atoms with Gasteiger partial charge in [-0.3, -0.25) is 0 Å². The summed E-state index contributed by atoms with van der Waals surface area (Å²) in [6, 6.07) is 32.1. The molecule has 2 heterocycles. The fourth-order valence-corrected chi connectivity index (χ4v) is 9.63. The first-order valence-electron chi connectivity index (χ1n) is 25.7. The quantitative estimate of drug-likeness (QED) is 0.0343. The van der Waals surface area contributed by atoms with Crippen LogP contribution in [-0.2, 0) is 30.4 Å². The lowest BCUT2D eigenvalue weighted by atomic mass is 10.1. The summed E-state index contributed by atoms with van der Waals surface area (Å²) in [6.45, 7) is 10.0. The number of carbonyl (C=O) groups excluding carboxylic acids is 1. The number of para-hydroxylation sites is 2. The van der Waals surface area contributed by atoms with Gasteiger partial charge >= 0.3 is 11.9 Å². The maximum atomic E-state index is 12.2. The Kier molecular flexibility index (Phi) is 21.1. The molecule has 2 aromatic heterocycles. The van der Waals surface area contributed by atoms with E-state index in [0.29, 0.717) is 90.6 Å². The summed E-state index contributed by atoms with van der Waals surface area (Å²) in [6.07, 6.45) is 9.53. The molecule has 8 rings (SSSR count). The molecule has 0 aliphatic carbocycles. The molecule has 8 aromatic rings. The fourth-order valence-electron chi connectivity index (χ4n) is 8.30. The minimum atomic E-state index is -1.04. The van der Waals surface area contributed by atoms with Crippen molar-refractivity contribution in [2.45, 2.75) is 79.1 Å². The summed E-state index contributed by atoms with van der Waals surface area (Å²) in [7, 11) is 1.35. The molecule has 402 valence electrons. The van der Waals surface area contributed by atoms with Gasteiger partial charge < -0.3 is 48.5 Å². The molecule has 0 radical (unpaired) electrons. The molecule has 14 nitrogen and oxygen atoms in total. The van der Waals surface area contributed by atoms with Crippen LogP contribution in [0.5, 0.6) is 57.5 Å². The number of ether oxygens (including phenoxy) is 7. The van der Waals surface area contributed by atoms with Gasteiger partial charge in [0.1, 0.15) is 78.6 Å². The Morgan fingerprint density at radius 2 is 0.909 bits per heavy atom. The van der Waals surface area contributed by atoms with E-state index in [1.54, 1.807) is 60.9 Å². The van der Waals surface area contributed by atoms with Gasteiger partial charge in [0.25, 0.3) is 0 Å². The van der Waals surface area contributed by atoms with E-state index in [9.17, 15) is 24.9 Å². The molecule has 0 bridgehead atoms. The fraction of sp³-hybridized carbons (Fsp3) is 0.279. The first kappa shape index (κ1) is 56.6. The molecule has 6 aromatic carbocycles. The van der Waals surface area contributed by atoms with E-state index in [-0.39, 0.29) is 17.1 Å². The second-order valence-electron chi connectivity index (χ2n) is 17.4. The Morgan fingerprint density at radius 1 is 0.506 bits per heavy atom. The summed E-state index contributed by atoms with van der Waals surface area (Å²) in [4.78, 5) is 32.4. The van der Waals surface area contributed by atoms with Crippen LogP contribution in [0.4, 0.5) is 0 Å². The molecule has 0 amide bonds. The number of aryl methyl sites for hydroxylation is 2. The molecule has 0 unspecified atom stereocenters. The predicted molar refractivity (Wildman–Crippen MR) is 301 cm³/mol. The van der Waals surface area contributed by atoms with E-state index < -0.39 is 11.9 Å². The Bertz CT molecular complexity index is 3180. The number of methoxy groups -OCH3 is 1. The number of benzene rings is 6. The third-order valence-electron chi connectivity index (χ3n) is 12.1. The minimum absolute atomic E-state index is 0.107. The molecule has 0 fully saturated rings. The molecule has 77 heavy (non-hydrogen) atoms. The molecule has 3 N–H and O–H groups in total. The molecule has 0 spiro atoms. The molecule has 0 saturated carbocycles. The Balaban J connectivity index is 0.000000224. The highest BCUT2D eigenvalue weighted by molar-refractivity contribution is 7.13. The number of carboxylic acid groups (broad SMARTS) is 1. The Labute approximate surface area is 457 Å². The van der Waals surface area contributed by atoms with Crippen LogP contribution in [0.25, 0.3) is 21.1 Å². The van der Waals surface area contributed by atoms with Crippen molar-refractivity contribution in [2.24, 2.45) is 0 Å². The van der Waals surface area contributed by atoms with Gasteiger partial charge in [-0.05, 0) is 97.5 Å². The summed E-state index contributed by atoms with van der Waals surface area (Å²) < 4.78 is 41.4. The van der Waals surface area contributed by atoms with E-state index in [4.69, 9.17) is 33.2 Å². The number of hydrogen-bond donors (Lipinski definition) is 3. The number of carboxylic acids is 1. The zero-order chi connectivity index (χ0) is 54.5. The monoisotopic (exact) mass is 1080 g/mol. The standard InChI is InChI=1S/C31H33NO6S.C30H31NO6S/c1-4-10-22-26(13-8-14-27(22)38-28-12-7-6-11-23(28)31(34)35-3)36-16-9-17-37-29-20-25(33)24(19-21(29)5-2)30-32-15-18-39-30;1-3-9-21-25(12-7-13-26(21)37-27-11-6-5-10-22(27)30(33)34)35-15-8-16-36-28-19-24(32)23(18-20(28)4-2)29-31-14-17-38-29/h6-8,11-15,18-20,33H,4-5,9-10,16-17H2,1-3H3;5-7,10-14,17-19,32H,3-4,8-9,15-16H2,1-2H3,(H,33,34). The van der Waals surface area contributed by atoms with Crippen LogP contribution >= 0.6 is 22.7 Å². The zero-order valence-corrected chi connectivity index (χ0v) is 45.5. The van der Waals surface area contributed by atoms with Crippen molar-refractivity contribution in [2.75, 3.05) is 33.5 Å². The number of rotatable bonds is 26. The normalized spacial score (nSPS) is 10.8.